The molecule has 2 rings (SSSR count). The molecule has 0 bridgehead atoms. The highest BCUT2D eigenvalue weighted by Crippen LogP contribution is 2.30. The summed E-state index contributed by atoms with van der Waals surface area (Å²) < 4.78 is 0. The van der Waals surface area contributed by atoms with E-state index in [-0.39, 0.29) is 5.54 Å². The normalized spacial score (nSPS) is 31.8. The van der Waals surface area contributed by atoms with Crippen molar-refractivity contribution in [2.24, 2.45) is 0 Å². The van der Waals surface area contributed by atoms with Crippen LogP contribution in [0.4, 0.5) is 0 Å². The Hall–Kier alpha value is -0.160. The number of piperazine rings is 2. The van der Waals surface area contributed by atoms with Crippen LogP contribution in [0, 0.1) is 0 Å². The van der Waals surface area contributed by atoms with Gasteiger partial charge in [0.05, 0.1) is 0 Å². The molecule has 2 saturated heterocycles. The van der Waals surface area contributed by atoms with E-state index in [1.807, 2.05) is 0 Å². The summed E-state index contributed by atoms with van der Waals surface area (Å²) in [6.45, 7) is 30.0. The summed E-state index contributed by atoms with van der Waals surface area (Å²) in [5.74, 6) is 0. The minimum absolute atomic E-state index is 0.250. The largest absolute Gasteiger partial charge is 0.298 e. The van der Waals surface area contributed by atoms with E-state index in [1.165, 1.54) is 39.1 Å². The Morgan fingerprint density at radius 2 is 1.33 bits per heavy atom. The SMILES string of the molecule is CC(C)N1CCN(C(C)(C)CC(C)N2CCN(C(C)C)[C@@H](C)[C@H]2C)[C@H](C)C1. The van der Waals surface area contributed by atoms with E-state index in [1.54, 1.807) is 0 Å². The molecule has 0 aromatic heterocycles. The molecule has 0 radical (unpaired) electrons. The van der Waals surface area contributed by atoms with Gasteiger partial charge in [-0.2, -0.15) is 0 Å². The van der Waals surface area contributed by atoms with E-state index < -0.39 is 0 Å². The van der Waals surface area contributed by atoms with Crippen molar-refractivity contribution in [1.82, 2.24) is 19.6 Å². The van der Waals surface area contributed by atoms with Gasteiger partial charge in [-0.1, -0.05) is 0 Å². The number of hydrogen-bond acceptors (Lipinski definition) is 4. The summed E-state index contributed by atoms with van der Waals surface area (Å²) in [5, 5.41) is 0. The van der Waals surface area contributed by atoms with Gasteiger partial charge in [0.2, 0.25) is 0 Å². The van der Waals surface area contributed by atoms with Gasteiger partial charge in [-0.05, 0) is 75.7 Å². The zero-order chi connectivity index (χ0) is 20.5. The molecule has 2 heterocycles. The lowest BCUT2D eigenvalue weighted by Crippen LogP contribution is -2.64. The first-order valence-electron chi connectivity index (χ1n) is 11.5. The Morgan fingerprint density at radius 3 is 1.85 bits per heavy atom. The third-order valence-electron chi connectivity index (χ3n) is 7.55. The van der Waals surface area contributed by atoms with Crippen LogP contribution in [0.15, 0.2) is 0 Å². The van der Waals surface area contributed by atoms with Gasteiger partial charge >= 0.3 is 0 Å². The molecule has 0 N–H and O–H groups in total. The van der Waals surface area contributed by atoms with E-state index >= 15 is 0 Å². The Morgan fingerprint density at radius 1 is 0.778 bits per heavy atom. The third-order valence-corrected chi connectivity index (χ3v) is 7.55. The number of rotatable bonds is 6. The summed E-state index contributed by atoms with van der Waals surface area (Å²) in [7, 11) is 0. The van der Waals surface area contributed by atoms with Gasteiger partial charge in [-0.3, -0.25) is 19.6 Å². The van der Waals surface area contributed by atoms with Crippen LogP contribution in [-0.2, 0) is 0 Å². The molecular weight excluding hydrogens is 332 g/mol. The Balaban J connectivity index is 1.99. The van der Waals surface area contributed by atoms with Crippen molar-refractivity contribution in [3.8, 4) is 0 Å². The Labute approximate surface area is 170 Å². The number of hydrogen-bond donors (Lipinski definition) is 0. The van der Waals surface area contributed by atoms with Gasteiger partial charge in [0.25, 0.3) is 0 Å². The van der Waals surface area contributed by atoms with E-state index in [2.05, 4.69) is 88.8 Å². The molecule has 4 atom stereocenters. The summed E-state index contributed by atoms with van der Waals surface area (Å²) >= 11 is 0. The molecule has 160 valence electrons. The predicted octanol–water partition coefficient (Wildman–Crippen LogP) is 3.76. The molecular formula is C23H48N4. The Bertz CT molecular complexity index is 461. The maximum atomic E-state index is 2.78. The second kappa shape index (κ2) is 9.11. The van der Waals surface area contributed by atoms with Crippen LogP contribution in [0.2, 0.25) is 0 Å². The van der Waals surface area contributed by atoms with Crippen molar-refractivity contribution >= 4 is 0 Å². The van der Waals surface area contributed by atoms with Crippen molar-refractivity contribution in [3.05, 3.63) is 0 Å². The molecule has 27 heavy (non-hydrogen) atoms. The standard InChI is InChI=1S/C23H48N4/c1-17(2)24-11-14-27(20(6)16-24)23(9,10)15-19(5)26-13-12-25(18(3)4)21(7)22(26)8/h17-22H,11-16H2,1-10H3/t19?,20-,21+,22-/m1/s1. The van der Waals surface area contributed by atoms with E-state index in [4.69, 9.17) is 0 Å². The molecule has 0 amide bonds. The van der Waals surface area contributed by atoms with Crippen LogP contribution < -0.4 is 0 Å². The third kappa shape index (κ3) is 5.26. The van der Waals surface area contributed by atoms with E-state index in [9.17, 15) is 0 Å². The van der Waals surface area contributed by atoms with Gasteiger partial charge in [0.1, 0.15) is 0 Å². The van der Waals surface area contributed by atoms with Crippen LogP contribution in [0.25, 0.3) is 0 Å². The number of nitrogens with zero attached hydrogens (tertiary/aromatic N) is 4. The topological polar surface area (TPSA) is 13.0 Å². The van der Waals surface area contributed by atoms with E-state index in [0.717, 1.165) is 0 Å². The van der Waals surface area contributed by atoms with Crippen molar-refractivity contribution < 1.29 is 0 Å². The average molecular weight is 381 g/mol. The van der Waals surface area contributed by atoms with Gasteiger partial charge < -0.3 is 0 Å². The minimum Gasteiger partial charge on any atom is -0.298 e. The van der Waals surface area contributed by atoms with Crippen molar-refractivity contribution in [1.29, 1.82) is 0 Å². The first kappa shape index (κ1) is 23.1. The first-order chi connectivity index (χ1) is 12.5. The van der Waals surface area contributed by atoms with Crippen LogP contribution in [0.5, 0.6) is 0 Å². The van der Waals surface area contributed by atoms with Crippen LogP contribution in [0.1, 0.15) is 75.7 Å². The molecule has 0 aliphatic carbocycles. The molecule has 0 aromatic carbocycles. The van der Waals surface area contributed by atoms with Crippen molar-refractivity contribution in [2.45, 2.75) is 117 Å². The average Bonchev–Trinajstić information content (AvgIpc) is 2.55. The molecule has 0 saturated carbocycles. The van der Waals surface area contributed by atoms with Crippen molar-refractivity contribution in [3.63, 3.8) is 0 Å². The second-order valence-corrected chi connectivity index (χ2v) is 10.5. The maximum Gasteiger partial charge on any atom is 0.0224 e. The summed E-state index contributed by atoms with van der Waals surface area (Å²) in [6, 6.07) is 3.84. The van der Waals surface area contributed by atoms with Gasteiger partial charge in [0.15, 0.2) is 0 Å². The molecule has 2 aliphatic heterocycles. The van der Waals surface area contributed by atoms with Gasteiger partial charge in [-0.15, -0.1) is 0 Å². The lowest BCUT2D eigenvalue weighted by molar-refractivity contribution is -0.0393. The lowest BCUT2D eigenvalue weighted by atomic mass is 9.89. The highest BCUT2D eigenvalue weighted by molar-refractivity contribution is 4.96. The second-order valence-electron chi connectivity index (χ2n) is 10.5. The predicted molar refractivity (Wildman–Crippen MR) is 119 cm³/mol. The molecule has 1 unspecified atom stereocenters. The summed E-state index contributed by atoms with van der Waals surface area (Å²) in [4.78, 5) is 10.9. The zero-order valence-corrected chi connectivity index (χ0v) is 20.0. The smallest absolute Gasteiger partial charge is 0.0224 e. The molecule has 2 fully saturated rings. The highest BCUT2D eigenvalue weighted by Gasteiger charge is 2.39. The monoisotopic (exact) mass is 380 g/mol. The summed E-state index contributed by atoms with van der Waals surface area (Å²) in [5.41, 5.74) is 0.250. The molecule has 0 spiro atoms. The molecule has 4 nitrogen and oxygen atoms in total. The van der Waals surface area contributed by atoms with Gasteiger partial charge in [-0.25, -0.2) is 0 Å². The fourth-order valence-electron chi connectivity index (χ4n) is 5.85. The Kier molecular flexibility index (Phi) is 7.80. The quantitative estimate of drug-likeness (QED) is 0.695. The molecule has 0 aromatic rings. The van der Waals surface area contributed by atoms with Crippen LogP contribution >= 0.6 is 0 Å². The molecule has 4 heteroatoms. The van der Waals surface area contributed by atoms with E-state index in [0.29, 0.717) is 36.3 Å². The fraction of sp³-hybridized carbons (Fsp3) is 1.00. The summed E-state index contributed by atoms with van der Waals surface area (Å²) in [6.07, 6.45) is 1.25. The zero-order valence-electron chi connectivity index (χ0n) is 20.0. The minimum atomic E-state index is 0.250. The maximum absolute atomic E-state index is 2.78. The van der Waals surface area contributed by atoms with Crippen LogP contribution in [-0.4, -0.2) is 94.1 Å². The van der Waals surface area contributed by atoms with Gasteiger partial charge in [0, 0.05) is 74.5 Å². The highest BCUT2D eigenvalue weighted by atomic mass is 15.3. The fourth-order valence-corrected chi connectivity index (χ4v) is 5.85. The first-order valence-corrected chi connectivity index (χ1v) is 11.5. The van der Waals surface area contributed by atoms with Crippen molar-refractivity contribution in [2.75, 3.05) is 32.7 Å². The lowest BCUT2D eigenvalue weighted by Gasteiger charge is -2.53. The van der Waals surface area contributed by atoms with Crippen LogP contribution in [0.3, 0.4) is 0 Å². The molecule has 2 aliphatic rings.